The van der Waals surface area contributed by atoms with Gasteiger partial charge < -0.3 is 4.90 Å². The number of nitrogens with zero attached hydrogens (tertiary/aromatic N) is 3. The SMILES string of the molecule is CCCCCCCCCCCCN1C=NN(C)C1.CS(=O)(=O)O. The van der Waals surface area contributed by atoms with Gasteiger partial charge >= 0.3 is 0 Å². The number of rotatable bonds is 11. The summed E-state index contributed by atoms with van der Waals surface area (Å²) in [5.74, 6) is 0. The van der Waals surface area contributed by atoms with Gasteiger partial charge in [0.2, 0.25) is 0 Å². The Morgan fingerprint density at radius 3 is 1.83 bits per heavy atom. The zero-order valence-electron chi connectivity index (χ0n) is 15.1. The molecule has 1 rings (SSSR count). The summed E-state index contributed by atoms with van der Waals surface area (Å²) < 4.78 is 25.9. The van der Waals surface area contributed by atoms with Crippen LogP contribution in [-0.2, 0) is 10.1 Å². The second-order valence-corrected chi connectivity index (χ2v) is 7.72. The Morgan fingerprint density at radius 2 is 1.43 bits per heavy atom. The second-order valence-electron chi connectivity index (χ2n) is 6.26. The summed E-state index contributed by atoms with van der Waals surface area (Å²) in [6.45, 7) is 4.42. The van der Waals surface area contributed by atoms with Crippen molar-refractivity contribution in [3.8, 4) is 0 Å². The Bertz CT molecular complexity index is 391. The Labute approximate surface area is 142 Å². The third kappa shape index (κ3) is 19.1. The highest BCUT2D eigenvalue weighted by atomic mass is 32.2. The lowest BCUT2D eigenvalue weighted by molar-refractivity contribution is 0.274. The highest BCUT2D eigenvalue weighted by Crippen LogP contribution is 2.11. The average molecular weight is 350 g/mol. The molecule has 1 aliphatic heterocycles. The van der Waals surface area contributed by atoms with E-state index in [1.807, 2.05) is 18.4 Å². The largest absolute Gasteiger partial charge is 0.342 e. The van der Waals surface area contributed by atoms with Gasteiger partial charge in [0.15, 0.2) is 0 Å². The number of unbranched alkanes of at least 4 members (excludes halogenated alkanes) is 9. The molecule has 0 aromatic rings. The molecule has 0 aliphatic carbocycles. The summed E-state index contributed by atoms with van der Waals surface area (Å²) in [5, 5.41) is 6.20. The normalized spacial score (nSPS) is 14.1. The molecule has 23 heavy (non-hydrogen) atoms. The van der Waals surface area contributed by atoms with Crippen LogP contribution in [0.15, 0.2) is 5.10 Å². The standard InChI is InChI=1S/C15H31N3.CH4O3S/c1-3-4-5-6-7-8-9-10-11-12-13-18-14-16-17(2)15-18;1-5(2,3)4/h14H,3-13,15H2,1-2H3;1H3,(H,2,3,4). The third-order valence-corrected chi connectivity index (χ3v) is 3.60. The second kappa shape index (κ2) is 13.6. The topological polar surface area (TPSA) is 73.2 Å². The molecule has 0 saturated heterocycles. The minimum absolute atomic E-state index is 0.715. The minimum atomic E-state index is -3.67. The summed E-state index contributed by atoms with van der Waals surface area (Å²) in [4.78, 5) is 2.30. The minimum Gasteiger partial charge on any atom is -0.342 e. The van der Waals surface area contributed by atoms with Crippen LogP contribution >= 0.6 is 0 Å². The first-order chi connectivity index (χ1) is 10.8. The molecule has 1 N–H and O–H groups in total. The highest BCUT2D eigenvalue weighted by Gasteiger charge is 2.08. The van der Waals surface area contributed by atoms with Crippen LogP contribution in [0.5, 0.6) is 0 Å². The van der Waals surface area contributed by atoms with Crippen LogP contribution in [0.1, 0.15) is 71.1 Å². The molecule has 0 atom stereocenters. The van der Waals surface area contributed by atoms with Crippen molar-refractivity contribution >= 4 is 16.5 Å². The molecule has 0 aromatic heterocycles. The lowest BCUT2D eigenvalue weighted by Gasteiger charge is -2.15. The fraction of sp³-hybridized carbons (Fsp3) is 0.938. The van der Waals surface area contributed by atoms with E-state index < -0.39 is 10.1 Å². The van der Waals surface area contributed by atoms with Gasteiger partial charge in [-0.2, -0.15) is 13.5 Å². The fourth-order valence-electron chi connectivity index (χ4n) is 2.43. The smallest absolute Gasteiger partial charge is 0.261 e. The molecular formula is C16H35N3O3S. The van der Waals surface area contributed by atoms with Crippen LogP contribution in [0.25, 0.3) is 0 Å². The first-order valence-corrected chi connectivity index (χ1v) is 10.6. The van der Waals surface area contributed by atoms with Gasteiger partial charge in [-0.15, -0.1) is 0 Å². The van der Waals surface area contributed by atoms with Gasteiger partial charge in [-0.1, -0.05) is 64.7 Å². The summed E-state index contributed by atoms with van der Waals surface area (Å²) in [7, 11) is -1.64. The Hall–Kier alpha value is -0.820. The lowest BCUT2D eigenvalue weighted by atomic mass is 10.1. The molecule has 0 spiro atoms. The Balaban J connectivity index is 0.000000841. The van der Waals surface area contributed by atoms with Crippen molar-refractivity contribution in [2.45, 2.75) is 71.1 Å². The van der Waals surface area contributed by atoms with Gasteiger partial charge in [0.1, 0.15) is 13.0 Å². The van der Waals surface area contributed by atoms with Gasteiger partial charge in [0.25, 0.3) is 10.1 Å². The van der Waals surface area contributed by atoms with Gasteiger partial charge in [-0.25, -0.2) is 0 Å². The molecule has 0 bridgehead atoms. The van der Waals surface area contributed by atoms with Crippen LogP contribution in [0.4, 0.5) is 0 Å². The summed E-state index contributed by atoms with van der Waals surface area (Å²) in [6, 6.07) is 0. The molecule has 1 heterocycles. The summed E-state index contributed by atoms with van der Waals surface area (Å²) in [6.07, 6.45) is 16.8. The van der Waals surface area contributed by atoms with E-state index in [9.17, 15) is 8.42 Å². The molecular weight excluding hydrogens is 314 g/mol. The zero-order valence-corrected chi connectivity index (χ0v) is 15.9. The quantitative estimate of drug-likeness (QED) is 0.456. The summed E-state index contributed by atoms with van der Waals surface area (Å²) >= 11 is 0. The highest BCUT2D eigenvalue weighted by molar-refractivity contribution is 7.85. The van der Waals surface area contributed by atoms with Crippen molar-refractivity contribution in [2.75, 3.05) is 26.5 Å². The van der Waals surface area contributed by atoms with E-state index in [4.69, 9.17) is 4.55 Å². The van der Waals surface area contributed by atoms with Gasteiger partial charge in [-0.3, -0.25) is 9.56 Å². The van der Waals surface area contributed by atoms with E-state index in [0.29, 0.717) is 6.26 Å². The molecule has 138 valence electrons. The molecule has 0 fully saturated rings. The van der Waals surface area contributed by atoms with Gasteiger partial charge in [-0.05, 0) is 6.42 Å². The van der Waals surface area contributed by atoms with E-state index in [0.717, 1.165) is 6.67 Å². The predicted octanol–water partition coefficient (Wildman–Crippen LogP) is 3.56. The van der Waals surface area contributed by atoms with Gasteiger partial charge in [0, 0.05) is 13.6 Å². The van der Waals surface area contributed by atoms with Crippen LogP contribution in [0.3, 0.4) is 0 Å². The van der Waals surface area contributed by atoms with Crippen molar-refractivity contribution in [1.82, 2.24) is 9.91 Å². The molecule has 0 unspecified atom stereocenters. The number of hydrogen-bond acceptors (Lipinski definition) is 5. The summed E-state index contributed by atoms with van der Waals surface area (Å²) in [5.41, 5.74) is 0. The fourth-order valence-corrected chi connectivity index (χ4v) is 2.43. The van der Waals surface area contributed by atoms with E-state index in [-0.39, 0.29) is 0 Å². The molecule has 6 nitrogen and oxygen atoms in total. The van der Waals surface area contributed by atoms with Crippen molar-refractivity contribution in [3.05, 3.63) is 0 Å². The molecule has 0 aromatic carbocycles. The monoisotopic (exact) mass is 349 g/mol. The zero-order chi connectivity index (χ0) is 17.6. The third-order valence-electron chi connectivity index (χ3n) is 3.60. The molecule has 0 radical (unpaired) electrons. The molecule has 0 saturated carbocycles. The van der Waals surface area contributed by atoms with Gasteiger partial charge in [0.05, 0.1) is 6.26 Å². The van der Waals surface area contributed by atoms with Crippen LogP contribution in [0, 0.1) is 0 Å². The number of hydrazone groups is 1. The van der Waals surface area contributed by atoms with E-state index in [1.165, 1.54) is 70.8 Å². The van der Waals surface area contributed by atoms with E-state index >= 15 is 0 Å². The molecule has 1 aliphatic rings. The van der Waals surface area contributed by atoms with Crippen LogP contribution in [0.2, 0.25) is 0 Å². The maximum atomic E-state index is 9.19. The van der Waals surface area contributed by atoms with Crippen molar-refractivity contribution < 1.29 is 13.0 Å². The average Bonchev–Trinajstić information content (AvgIpc) is 2.85. The Morgan fingerprint density at radius 1 is 1.00 bits per heavy atom. The van der Waals surface area contributed by atoms with E-state index in [2.05, 4.69) is 16.9 Å². The molecule has 0 amide bonds. The van der Waals surface area contributed by atoms with Crippen molar-refractivity contribution in [3.63, 3.8) is 0 Å². The first-order valence-electron chi connectivity index (χ1n) is 8.74. The van der Waals surface area contributed by atoms with Crippen LogP contribution < -0.4 is 0 Å². The predicted molar refractivity (Wildman–Crippen MR) is 97.1 cm³/mol. The Kier molecular flexibility index (Phi) is 13.1. The maximum absolute atomic E-state index is 9.19. The van der Waals surface area contributed by atoms with Crippen LogP contribution in [-0.4, -0.2) is 55.7 Å². The van der Waals surface area contributed by atoms with E-state index in [1.54, 1.807) is 0 Å². The number of hydrogen-bond donors (Lipinski definition) is 1. The maximum Gasteiger partial charge on any atom is 0.261 e. The first kappa shape index (κ1) is 22.2. The lowest BCUT2D eigenvalue weighted by Crippen LogP contribution is -2.25. The van der Waals surface area contributed by atoms with Crippen molar-refractivity contribution in [1.29, 1.82) is 0 Å². The van der Waals surface area contributed by atoms with Crippen molar-refractivity contribution in [2.24, 2.45) is 5.10 Å². The molecule has 7 heteroatoms.